The van der Waals surface area contributed by atoms with E-state index in [4.69, 9.17) is 14.7 Å². The van der Waals surface area contributed by atoms with Gasteiger partial charge < -0.3 is 5.48 Å². The summed E-state index contributed by atoms with van der Waals surface area (Å²) >= 11 is 0. The number of rotatable bonds is 1. The fourth-order valence-corrected chi connectivity index (χ4v) is 0. The zero-order chi connectivity index (χ0) is 4.28. The molecule has 6 heteroatoms. The monoisotopic (exact) mass is 111 g/mol. The Morgan fingerprint density at radius 2 is 1.83 bits per heavy atom. The van der Waals surface area contributed by atoms with Crippen molar-refractivity contribution in [2.24, 2.45) is 0 Å². The molecule has 0 aliphatic carbocycles. The van der Waals surface area contributed by atoms with E-state index in [0.717, 1.165) is 0 Å². The summed E-state index contributed by atoms with van der Waals surface area (Å²) < 4.78 is 7.94. The lowest BCUT2D eigenvalue weighted by Gasteiger charge is -1.57. The van der Waals surface area contributed by atoms with E-state index in [1.807, 2.05) is 0 Å². The molecule has 0 aromatic rings. The summed E-state index contributed by atoms with van der Waals surface area (Å²) in [5, 5.41) is 8.85. The van der Waals surface area contributed by atoms with Crippen LogP contribution in [0.4, 0.5) is 0 Å². The zero-order valence-corrected chi connectivity index (χ0v) is 3.51. The van der Waals surface area contributed by atoms with Gasteiger partial charge in [-0.3, -0.25) is 10.1 Å². The quantitative estimate of drug-likeness (QED) is 0.263. The predicted octanol–water partition coefficient (Wildman–Crippen LogP) is -0.355. The molecule has 0 saturated carbocycles. The van der Waals surface area contributed by atoms with Crippen molar-refractivity contribution < 1.29 is 14.7 Å². The second-order valence-electron chi connectivity index (χ2n) is 0.319. The van der Waals surface area contributed by atoms with Crippen LogP contribution in [0.1, 0.15) is 0 Å². The zero-order valence-electron chi connectivity index (χ0n) is 2.62. The molecule has 0 unspecified atom stereocenters. The van der Waals surface area contributed by atoms with E-state index in [0.29, 0.717) is 0 Å². The summed E-state index contributed by atoms with van der Waals surface area (Å²) in [5.41, 5.74) is 0. The van der Waals surface area contributed by atoms with Crippen molar-refractivity contribution in [1.29, 1.82) is 0 Å². The second kappa shape index (κ2) is 4.46. The van der Waals surface area contributed by atoms with Crippen molar-refractivity contribution >= 4 is 8.61 Å². The molecule has 0 aromatic heterocycles. The molecule has 0 atom stereocenters. The molecule has 36 valence electrons. The Bertz CT molecular complexity index is 58.6. The van der Waals surface area contributed by atoms with Crippen LogP contribution >= 0.6 is 8.61 Å². The van der Waals surface area contributed by atoms with Gasteiger partial charge in [0.25, 0.3) is 0 Å². The van der Waals surface area contributed by atoms with E-state index in [9.17, 15) is 0 Å². The fourth-order valence-electron chi connectivity index (χ4n) is 0. The van der Waals surface area contributed by atoms with Gasteiger partial charge in [0.2, 0.25) is 0 Å². The molecule has 0 saturated heterocycles. The number of nitrogens with zero attached hydrogens (tertiary/aromatic N) is 1. The van der Waals surface area contributed by atoms with E-state index in [1.54, 1.807) is 0 Å². The largest absolute Gasteiger partial charge is 0.576 e. The molecule has 0 rings (SSSR count). The third kappa shape index (κ3) is 9.82. The van der Waals surface area contributed by atoms with Gasteiger partial charge in [0, 0.05) is 0 Å². The van der Waals surface area contributed by atoms with E-state index < -0.39 is 13.3 Å². The summed E-state index contributed by atoms with van der Waals surface area (Å²) in [4.78, 5) is 8.85. The molecule has 0 fully saturated rings. The van der Waals surface area contributed by atoms with E-state index in [1.165, 1.54) is 0 Å². The molecular weight excluding hydrogens is 109 g/mol. The topological polar surface area (TPSA) is 91.7 Å². The summed E-state index contributed by atoms with van der Waals surface area (Å²) in [6.07, 6.45) is 0. The van der Waals surface area contributed by atoms with Crippen LogP contribution in [-0.2, 0) is 4.57 Å². The van der Waals surface area contributed by atoms with Crippen LogP contribution in [0.5, 0.6) is 0 Å². The standard InChI is InChI=1S/NO3P.H2O/c2-1(3)5-4;/h;1H2. The Balaban J connectivity index is 0. The van der Waals surface area contributed by atoms with Gasteiger partial charge in [0.1, 0.15) is 4.69 Å². The summed E-state index contributed by atoms with van der Waals surface area (Å²) in [7, 11) is -1.03. The molecule has 0 aromatic carbocycles. The van der Waals surface area contributed by atoms with Crippen LogP contribution in [0.15, 0.2) is 0 Å². The Morgan fingerprint density at radius 1 is 1.67 bits per heavy atom. The lowest BCUT2D eigenvalue weighted by atomic mass is 13.4. The fraction of sp³-hybridized carbons (Fsp3) is 0. The highest BCUT2D eigenvalue weighted by Crippen LogP contribution is 1.85. The van der Waals surface area contributed by atoms with Gasteiger partial charge in [0.05, 0.1) is 0 Å². The van der Waals surface area contributed by atoms with Crippen LogP contribution in [0.25, 0.3) is 0 Å². The SMILES string of the molecule is O.O=P[N+](=O)[O-]. The Morgan fingerprint density at radius 3 is 1.83 bits per heavy atom. The van der Waals surface area contributed by atoms with Crippen LogP contribution in [-0.4, -0.2) is 10.2 Å². The normalized spacial score (nSPS) is 6.67. The third-order valence-corrected chi connectivity index (χ3v) is 0.200. The van der Waals surface area contributed by atoms with Crippen LogP contribution in [0, 0.1) is 10.1 Å². The second-order valence-corrected chi connectivity index (χ2v) is 0.809. The van der Waals surface area contributed by atoms with E-state index >= 15 is 0 Å². The molecule has 2 N–H and O–H groups in total. The summed E-state index contributed by atoms with van der Waals surface area (Å²) in [6, 6.07) is 0. The van der Waals surface area contributed by atoms with Gasteiger partial charge in [-0.2, -0.15) is 4.57 Å². The number of hydrogen-bond acceptors (Lipinski definition) is 3. The lowest BCUT2D eigenvalue weighted by Crippen LogP contribution is -1.67. The molecule has 0 heterocycles. The Kier molecular flexibility index (Phi) is 6.74. The number of nitro groups is 1. The smallest absolute Gasteiger partial charge is 0.412 e. The summed E-state index contributed by atoms with van der Waals surface area (Å²) in [6.45, 7) is 0. The molecular formula is H2NO4P. The Hall–Kier alpha value is -0.540. The van der Waals surface area contributed by atoms with Crippen molar-refractivity contribution in [2.45, 2.75) is 0 Å². The average molecular weight is 111 g/mol. The first-order valence-corrected chi connectivity index (χ1v) is 1.51. The highest BCUT2D eigenvalue weighted by Gasteiger charge is 1.83. The van der Waals surface area contributed by atoms with Gasteiger partial charge in [-0.05, 0) is 0 Å². The van der Waals surface area contributed by atoms with Crippen molar-refractivity contribution in [3.8, 4) is 0 Å². The molecule has 0 radical (unpaired) electrons. The molecule has 0 amide bonds. The van der Waals surface area contributed by atoms with Crippen LogP contribution < -0.4 is 0 Å². The lowest BCUT2D eigenvalue weighted by molar-refractivity contribution is -0.298. The van der Waals surface area contributed by atoms with Crippen molar-refractivity contribution in [3.05, 3.63) is 10.1 Å². The third-order valence-electron chi connectivity index (χ3n) is 0.0667. The molecule has 0 spiro atoms. The highest BCUT2D eigenvalue weighted by atomic mass is 31.1. The molecule has 0 aliphatic rings. The molecule has 6 heavy (non-hydrogen) atoms. The minimum atomic E-state index is -1.03. The van der Waals surface area contributed by atoms with Crippen LogP contribution in [0.3, 0.4) is 0 Å². The van der Waals surface area contributed by atoms with Gasteiger partial charge in [-0.25, -0.2) is 0 Å². The molecule has 0 aliphatic heterocycles. The highest BCUT2D eigenvalue weighted by molar-refractivity contribution is 7.15. The first-order chi connectivity index (χ1) is 2.27. The van der Waals surface area contributed by atoms with Crippen LogP contribution in [0.2, 0.25) is 0 Å². The minimum absolute atomic E-state index is 0. The van der Waals surface area contributed by atoms with Gasteiger partial charge in [-0.15, -0.1) is 0 Å². The van der Waals surface area contributed by atoms with Gasteiger partial charge in [-0.1, -0.05) is 0 Å². The summed E-state index contributed by atoms with van der Waals surface area (Å²) in [5.74, 6) is 0. The average Bonchev–Trinajstić information content (AvgIpc) is 1.38. The Labute approximate surface area is 34.7 Å². The van der Waals surface area contributed by atoms with Crippen molar-refractivity contribution in [1.82, 2.24) is 0 Å². The maximum Gasteiger partial charge on any atom is 0.576 e. The molecule has 5 nitrogen and oxygen atoms in total. The van der Waals surface area contributed by atoms with Gasteiger partial charge in [0.15, 0.2) is 0 Å². The van der Waals surface area contributed by atoms with Gasteiger partial charge >= 0.3 is 8.61 Å². The maximum atomic E-state index is 8.90. The minimum Gasteiger partial charge on any atom is -0.412 e. The first kappa shape index (κ1) is 9.07. The maximum absolute atomic E-state index is 8.90. The van der Waals surface area contributed by atoms with E-state index in [2.05, 4.69) is 0 Å². The van der Waals surface area contributed by atoms with Crippen molar-refractivity contribution in [3.63, 3.8) is 0 Å². The van der Waals surface area contributed by atoms with Crippen molar-refractivity contribution in [2.75, 3.05) is 0 Å². The molecule has 0 bridgehead atoms. The van der Waals surface area contributed by atoms with E-state index in [-0.39, 0.29) is 5.48 Å². The predicted molar refractivity (Wildman–Crippen MR) is 18.2 cm³/mol. The number of hydrogen-bond donors (Lipinski definition) is 0. The first-order valence-electron chi connectivity index (χ1n) is 0.748.